The Labute approximate surface area is 167 Å². The summed E-state index contributed by atoms with van der Waals surface area (Å²) in [5.74, 6) is 0.192. The number of hydrogen-bond donors (Lipinski definition) is 2. The van der Waals surface area contributed by atoms with Gasteiger partial charge < -0.3 is 10.1 Å². The van der Waals surface area contributed by atoms with E-state index < -0.39 is 11.6 Å². The number of nitrogens with one attached hydrogen (secondary N) is 1. The Balaban J connectivity index is 0.000000192. The highest BCUT2D eigenvalue weighted by Gasteiger charge is 2.43. The maximum absolute atomic E-state index is 12.5. The quantitative estimate of drug-likeness (QED) is 0.735. The van der Waals surface area contributed by atoms with E-state index in [2.05, 4.69) is 15.0 Å². The lowest BCUT2D eigenvalue weighted by Gasteiger charge is -2.20. The minimum atomic E-state index is -0.940. The maximum Gasteiger partial charge on any atom is 0.227 e. The average Bonchev–Trinajstić information content (AvgIpc) is 3.49. The van der Waals surface area contributed by atoms with Gasteiger partial charge in [-0.25, -0.2) is 9.37 Å². The zero-order chi connectivity index (χ0) is 20.1. The summed E-state index contributed by atoms with van der Waals surface area (Å²) in [5, 5.41) is 9.16. The van der Waals surface area contributed by atoms with Crippen molar-refractivity contribution < 1.29 is 18.3 Å². The Morgan fingerprint density at radius 2 is 2.07 bits per heavy atom. The van der Waals surface area contributed by atoms with Crippen LogP contribution in [0.25, 0.3) is 0 Å². The van der Waals surface area contributed by atoms with Crippen molar-refractivity contribution in [2.75, 3.05) is 12.4 Å². The van der Waals surface area contributed by atoms with Crippen LogP contribution in [0, 0.1) is 29.4 Å². The summed E-state index contributed by atoms with van der Waals surface area (Å²) in [4.78, 5) is 16.2. The number of nitrogens with two attached hydrogens (primary N) is 1. The molecule has 4 rings (SSSR count). The second-order valence-electron chi connectivity index (χ2n) is 7.01. The molecule has 0 bridgehead atoms. The Morgan fingerprint density at radius 3 is 2.75 bits per heavy atom. The van der Waals surface area contributed by atoms with Crippen LogP contribution in [0.15, 0.2) is 41.6 Å². The molecule has 2 aliphatic rings. The van der Waals surface area contributed by atoms with Crippen LogP contribution in [0.3, 0.4) is 0 Å². The van der Waals surface area contributed by atoms with Gasteiger partial charge in [0, 0.05) is 17.8 Å². The first-order chi connectivity index (χ1) is 13.5. The molecule has 3 unspecified atom stereocenters. The molecule has 3 N–H and O–H groups in total. The van der Waals surface area contributed by atoms with Crippen LogP contribution in [0.4, 0.5) is 14.5 Å². The lowest BCUT2D eigenvalue weighted by molar-refractivity contribution is -0.120. The second kappa shape index (κ2) is 9.34. The van der Waals surface area contributed by atoms with Crippen molar-refractivity contribution in [2.24, 2.45) is 22.9 Å². The van der Waals surface area contributed by atoms with Crippen LogP contribution < -0.4 is 15.2 Å². The highest BCUT2D eigenvalue weighted by atomic mass is 32.2. The third-order valence-electron chi connectivity index (χ3n) is 5.17. The van der Waals surface area contributed by atoms with E-state index in [1.54, 1.807) is 12.3 Å². The molecular weight excluding hydrogens is 384 g/mol. The number of rotatable bonds is 4. The third-order valence-corrected chi connectivity index (χ3v) is 5.64. The highest BCUT2D eigenvalue weighted by molar-refractivity contribution is 7.97. The number of hydrogen-bond acceptors (Lipinski definition) is 5. The number of ether oxygens (including phenoxy) is 1. The fourth-order valence-electron chi connectivity index (χ4n) is 3.53. The molecule has 28 heavy (non-hydrogen) atoms. The first kappa shape index (κ1) is 20.5. The minimum absolute atomic E-state index is 0.0694. The normalized spacial score (nSPS) is 22.4. The van der Waals surface area contributed by atoms with Gasteiger partial charge >= 0.3 is 0 Å². The molecule has 2 fully saturated rings. The van der Waals surface area contributed by atoms with Gasteiger partial charge in [-0.3, -0.25) is 9.93 Å². The summed E-state index contributed by atoms with van der Waals surface area (Å²) >= 11 is 1.09. The van der Waals surface area contributed by atoms with Crippen molar-refractivity contribution in [3.8, 4) is 5.75 Å². The topological polar surface area (TPSA) is 77.2 Å². The molecule has 1 amide bonds. The van der Waals surface area contributed by atoms with Gasteiger partial charge in [0.2, 0.25) is 11.7 Å². The lowest BCUT2D eigenvalue weighted by atomic mass is 9.88. The van der Waals surface area contributed by atoms with Gasteiger partial charge in [0.1, 0.15) is 5.03 Å². The first-order valence-corrected chi connectivity index (χ1v) is 10.0. The van der Waals surface area contributed by atoms with Gasteiger partial charge in [0.15, 0.2) is 11.6 Å². The van der Waals surface area contributed by atoms with E-state index in [0.717, 1.165) is 53.4 Å². The summed E-state index contributed by atoms with van der Waals surface area (Å²) < 4.78 is 29.3. The molecule has 3 atom stereocenters. The molecule has 1 heterocycles. The summed E-state index contributed by atoms with van der Waals surface area (Å²) in [6, 6.07) is 7.40. The molecule has 2 saturated carbocycles. The predicted molar refractivity (Wildman–Crippen MR) is 105 cm³/mol. The van der Waals surface area contributed by atoms with E-state index in [1.807, 2.05) is 6.07 Å². The second-order valence-corrected chi connectivity index (χ2v) is 7.67. The summed E-state index contributed by atoms with van der Waals surface area (Å²) in [6.45, 7) is 0. The largest absolute Gasteiger partial charge is 0.494 e. The molecular formula is C20H23F2N3O2S. The van der Waals surface area contributed by atoms with Crippen molar-refractivity contribution in [1.29, 1.82) is 0 Å². The third kappa shape index (κ3) is 5.20. The number of amides is 1. The number of aromatic nitrogens is 1. The SMILES string of the molecule is COc1cccc(F)c1F.NSc1cc(NC(=O)C2CCC3CC3C2)ccn1. The molecule has 8 heteroatoms. The van der Waals surface area contributed by atoms with E-state index in [9.17, 15) is 13.6 Å². The van der Waals surface area contributed by atoms with Crippen LogP contribution in [0.1, 0.15) is 25.7 Å². The lowest BCUT2D eigenvalue weighted by Crippen LogP contribution is -2.25. The average molecular weight is 407 g/mol. The molecule has 1 aromatic carbocycles. The zero-order valence-electron chi connectivity index (χ0n) is 15.5. The number of methoxy groups -OCH3 is 1. The molecule has 0 aliphatic heterocycles. The van der Waals surface area contributed by atoms with Crippen molar-refractivity contribution in [1.82, 2.24) is 4.98 Å². The van der Waals surface area contributed by atoms with Crippen LogP contribution in [0.2, 0.25) is 0 Å². The fourth-order valence-corrected chi connectivity index (χ4v) is 3.84. The van der Waals surface area contributed by atoms with Gasteiger partial charge in [0.25, 0.3) is 0 Å². The van der Waals surface area contributed by atoms with E-state index in [-0.39, 0.29) is 17.6 Å². The predicted octanol–water partition coefficient (Wildman–Crippen LogP) is 4.40. The number of pyridine rings is 1. The van der Waals surface area contributed by atoms with E-state index in [0.29, 0.717) is 0 Å². The molecule has 150 valence electrons. The number of anilines is 1. The van der Waals surface area contributed by atoms with Crippen LogP contribution in [-0.2, 0) is 4.79 Å². The van der Waals surface area contributed by atoms with Crippen molar-refractivity contribution in [2.45, 2.75) is 30.7 Å². The van der Waals surface area contributed by atoms with Gasteiger partial charge in [-0.1, -0.05) is 6.07 Å². The summed E-state index contributed by atoms with van der Waals surface area (Å²) in [5.41, 5.74) is 0.792. The van der Waals surface area contributed by atoms with Crippen LogP contribution >= 0.6 is 11.9 Å². The van der Waals surface area contributed by atoms with Crippen molar-refractivity contribution >= 4 is 23.5 Å². The van der Waals surface area contributed by atoms with Crippen LogP contribution in [-0.4, -0.2) is 18.0 Å². The number of fused-ring (bicyclic) bond motifs is 1. The minimum Gasteiger partial charge on any atom is -0.494 e. The van der Waals surface area contributed by atoms with Gasteiger partial charge in [-0.2, -0.15) is 4.39 Å². The summed E-state index contributed by atoms with van der Waals surface area (Å²) in [7, 11) is 1.29. The van der Waals surface area contributed by atoms with E-state index in [4.69, 9.17) is 5.14 Å². The van der Waals surface area contributed by atoms with E-state index >= 15 is 0 Å². The summed E-state index contributed by atoms with van der Waals surface area (Å²) in [6.07, 6.45) is 6.34. The van der Waals surface area contributed by atoms with Crippen molar-refractivity contribution in [3.05, 3.63) is 48.2 Å². The molecule has 0 radical (unpaired) electrons. The Kier molecular flexibility index (Phi) is 6.85. The van der Waals surface area contributed by atoms with E-state index in [1.165, 1.54) is 32.1 Å². The molecule has 2 aromatic rings. The van der Waals surface area contributed by atoms with Gasteiger partial charge in [-0.05, 0) is 73.7 Å². The Morgan fingerprint density at radius 1 is 1.25 bits per heavy atom. The number of benzene rings is 1. The zero-order valence-corrected chi connectivity index (χ0v) is 16.3. The first-order valence-electron chi connectivity index (χ1n) is 9.13. The smallest absolute Gasteiger partial charge is 0.227 e. The number of halogens is 2. The number of carbonyl (C=O) groups excluding carboxylic acids is 1. The Hall–Kier alpha value is -2.19. The fraction of sp³-hybridized carbons (Fsp3) is 0.400. The van der Waals surface area contributed by atoms with Crippen LogP contribution in [0.5, 0.6) is 5.75 Å². The number of nitrogens with zero attached hydrogens (tertiary/aromatic N) is 1. The van der Waals surface area contributed by atoms with Gasteiger partial charge in [-0.15, -0.1) is 0 Å². The standard InChI is InChI=1S/C13H17N3OS.C7H6F2O/c14-18-12-7-11(3-4-15-12)16-13(17)9-2-1-8-5-10(8)6-9;1-10-6-4-2-3-5(8)7(6)9/h3-4,7-10H,1-2,5-6,14H2,(H,15,16,17);2-4H,1H3. The highest BCUT2D eigenvalue weighted by Crippen LogP contribution is 2.51. The molecule has 2 aliphatic carbocycles. The maximum atomic E-state index is 12.5. The molecule has 0 spiro atoms. The van der Waals surface area contributed by atoms with Crippen molar-refractivity contribution in [3.63, 3.8) is 0 Å². The Bertz CT molecular complexity index is 837. The molecule has 5 nitrogen and oxygen atoms in total. The van der Waals surface area contributed by atoms with Gasteiger partial charge in [0.05, 0.1) is 7.11 Å². The number of carbonyl (C=O) groups is 1. The molecule has 1 aromatic heterocycles. The monoisotopic (exact) mass is 407 g/mol. The molecule has 0 saturated heterocycles.